The third-order valence-corrected chi connectivity index (χ3v) is 7.51. The normalized spacial score (nSPS) is 12.1. The van der Waals surface area contributed by atoms with E-state index >= 15 is 0 Å². The number of ether oxygens (including phenoxy) is 1. The summed E-state index contributed by atoms with van der Waals surface area (Å²) in [7, 11) is 0. The van der Waals surface area contributed by atoms with E-state index in [4.69, 9.17) is 4.74 Å². The van der Waals surface area contributed by atoms with Gasteiger partial charge in [-0.3, -0.25) is 0 Å². The fraction of sp³-hybridized carbons (Fsp3) is 0.600. The van der Waals surface area contributed by atoms with Gasteiger partial charge in [-0.2, -0.15) is 0 Å². The molecule has 0 saturated carbocycles. The van der Waals surface area contributed by atoms with Crippen molar-refractivity contribution in [1.82, 2.24) is 0 Å². The Morgan fingerprint density at radius 1 is 0.735 bits per heavy atom. The zero-order chi connectivity index (χ0) is 24.6. The highest BCUT2D eigenvalue weighted by Crippen LogP contribution is 2.30. The molecule has 190 valence electrons. The van der Waals surface area contributed by atoms with E-state index in [-0.39, 0.29) is 0 Å². The van der Waals surface area contributed by atoms with Gasteiger partial charge in [-0.05, 0) is 59.9 Å². The Kier molecular flexibility index (Phi) is 15.0. The van der Waals surface area contributed by atoms with Crippen molar-refractivity contribution in [3.63, 3.8) is 0 Å². The second-order valence-corrected chi connectivity index (χ2v) is 11.6. The predicted molar refractivity (Wildman–Crippen MR) is 153 cm³/mol. The molecule has 4 heteroatoms. The first-order valence-electron chi connectivity index (χ1n) is 13.4. The molecule has 0 bridgehead atoms. The van der Waals surface area contributed by atoms with Gasteiger partial charge in [-0.15, -0.1) is 0 Å². The molecule has 1 unspecified atom stereocenters. The Morgan fingerprint density at radius 3 is 1.88 bits per heavy atom. The summed E-state index contributed by atoms with van der Waals surface area (Å²) in [5.74, 6) is 1.76. The highest BCUT2D eigenvalue weighted by molar-refractivity contribution is 9.10. The van der Waals surface area contributed by atoms with Gasteiger partial charge in [0.15, 0.2) is 0 Å². The van der Waals surface area contributed by atoms with E-state index in [1.807, 2.05) is 24.3 Å². The van der Waals surface area contributed by atoms with Gasteiger partial charge >= 0.3 is 0 Å². The second-order valence-electron chi connectivity index (χ2n) is 9.80. The lowest BCUT2D eigenvalue weighted by Gasteiger charge is -2.16. The van der Waals surface area contributed by atoms with Crippen LogP contribution in [0.1, 0.15) is 108 Å². The quantitative estimate of drug-likeness (QED) is 0.174. The molecule has 1 N–H and O–H groups in total. The van der Waals surface area contributed by atoms with Crippen molar-refractivity contribution in [2.24, 2.45) is 5.92 Å². The number of halogens is 2. The molecular formula is C30H44Br2O2. The summed E-state index contributed by atoms with van der Waals surface area (Å²) in [6, 6.07) is 11.7. The molecule has 1 atom stereocenters. The molecular weight excluding hydrogens is 552 g/mol. The monoisotopic (exact) mass is 594 g/mol. The maximum Gasteiger partial charge on any atom is 0.122 e. The lowest BCUT2D eigenvalue weighted by molar-refractivity contribution is 0.247. The average molecular weight is 596 g/mol. The van der Waals surface area contributed by atoms with Crippen molar-refractivity contribution in [1.29, 1.82) is 0 Å². The summed E-state index contributed by atoms with van der Waals surface area (Å²) in [5, 5.41) is 10.2. The Balaban J connectivity index is 1.64. The summed E-state index contributed by atoms with van der Waals surface area (Å²) in [6.45, 7) is 5.31. The van der Waals surface area contributed by atoms with Gasteiger partial charge < -0.3 is 9.84 Å². The number of hydrogen-bond acceptors (Lipinski definition) is 2. The van der Waals surface area contributed by atoms with Crippen molar-refractivity contribution >= 4 is 31.9 Å². The molecule has 0 radical (unpaired) electrons. The van der Waals surface area contributed by atoms with E-state index in [2.05, 4.69) is 51.8 Å². The van der Waals surface area contributed by atoms with E-state index < -0.39 is 0 Å². The lowest BCUT2D eigenvalue weighted by atomic mass is 10.0. The number of phenolic OH excluding ortho intramolecular Hbond substituents is 1. The summed E-state index contributed by atoms with van der Waals surface area (Å²) >= 11 is 7.08. The summed E-state index contributed by atoms with van der Waals surface area (Å²) < 4.78 is 8.23. The molecule has 0 saturated heterocycles. The fourth-order valence-corrected chi connectivity index (χ4v) is 5.19. The number of rotatable bonds is 18. The van der Waals surface area contributed by atoms with Gasteiger partial charge in [0, 0.05) is 15.4 Å². The Hall–Kier alpha value is -1.00. The molecule has 34 heavy (non-hydrogen) atoms. The van der Waals surface area contributed by atoms with E-state index in [0.717, 1.165) is 32.4 Å². The molecule has 0 fully saturated rings. The van der Waals surface area contributed by atoms with Crippen LogP contribution in [-0.4, -0.2) is 11.7 Å². The van der Waals surface area contributed by atoms with Crippen LogP contribution in [0.5, 0.6) is 11.5 Å². The smallest absolute Gasteiger partial charge is 0.122 e. The van der Waals surface area contributed by atoms with Gasteiger partial charge in [-0.25, -0.2) is 0 Å². The minimum absolute atomic E-state index is 0.314. The van der Waals surface area contributed by atoms with Crippen molar-refractivity contribution in [2.45, 2.75) is 104 Å². The third-order valence-electron chi connectivity index (χ3n) is 6.52. The third kappa shape index (κ3) is 12.1. The molecule has 2 nitrogen and oxygen atoms in total. The highest BCUT2D eigenvalue weighted by Gasteiger charge is 2.11. The van der Waals surface area contributed by atoms with Crippen LogP contribution in [0.15, 0.2) is 45.3 Å². The number of hydrogen-bond donors (Lipinski definition) is 1. The Morgan fingerprint density at radius 2 is 1.26 bits per heavy atom. The first kappa shape index (κ1) is 29.2. The molecule has 2 rings (SSSR count). The van der Waals surface area contributed by atoms with Gasteiger partial charge in [0.2, 0.25) is 0 Å². The summed E-state index contributed by atoms with van der Waals surface area (Å²) in [6.07, 6.45) is 18.5. The molecule has 0 heterocycles. The standard InChI is InChI=1S/C30H44Br2O2/c1-3-4-5-6-7-8-9-10-11-12-13-14-15-24(2)23-34-30-19-17-28(32)22-26(30)20-25-21-27(31)16-18-29(25)33/h16-19,21-22,24,33H,3-15,20,23H2,1-2H3. The van der Waals surface area contributed by atoms with Crippen LogP contribution in [0.25, 0.3) is 0 Å². The first-order chi connectivity index (χ1) is 16.5. The molecule has 0 aliphatic heterocycles. The molecule has 0 aliphatic rings. The number of unbranched alkanes of at least 4 members (excludes halogenated alkanes) is 11. The zero-order valence-corrected chi connectivity index (χ0v) is 24.4. The molecule has 0 amide bonds. The second kappa shape index (κ2) is 17.4. The van der Waals surface area contributed by atoms with Crippen LogP contribution >= 0.6 is 31.9 Å². The van der Waals surface area contributed by atoms with E-state index in [1.165, 1.54) is 83.5 Å². The summed E-state index contributed by atoms with van der Waals surface area (Å²) in [4.78, 5) is 0. The number of phenols is 1. The SMILES string of the molecule is CCCCCCCCCCCCCCC(C)COc1ccc(Br)cc1Cc1cc(Br)ccc1O. The van der Waals surface area contributed by atoms with Crippen LogP contribution in [0.4, 0.5) is 0 Å². The van der Waals surface area contributed by atoms with E-state index in [1.54, 1.807) is 6.07 Å². The Labute approximate surface area is 225 Å². The van der Waals surface area contributed by atoms with Crippen molar-refractivity contribution in [3.8, 4) is 11.5 Å². The van der Waals surface area contributed by atoms with Crippen molar-refractivity contribution < 1.29 is 9.84 Å². The largest absolute Gasteiger partial charge is 0.508 e. The summed E-state index contributed by atoms with van der Waals surface area (Å²) in [5.41, 5.74) is 1.97. The lowest BCUT2D eigenvalue weighted by Crippen LogP contribution is -2.10. The number of aromatic hydroxyl groups is 1. The average Bonchev–Trinajstić information content (AvgIpc) is 2.81. The minimum atomic E-state index is 0.314. The fourth-order valence-electron chi connectivity index (χ4n) is 4.38. The molecule has 0 aromatic heterocycles. The van der Waals surface area contributed by atoms with Crippen LogP contribution in [0, 0.1) is 5.92 Å². The van der Waals surface area contributed by atoms with Crippen molar-refractivity contribution in [3.05, 3.63) is 56.5 Å². The van der Waals surface area contributed by atoms with Gasteiger partial charge in [0.25, 0.3) is 0 Å². The first-order valence-corrected chi connectivity index (χ1v) is 15.0. The van der Waals surface area contributed by atoms with Crippen LogP contribution in [-0.2, 0) is 6.42 Å². The van der Waals surface area contributed by atoms with Crippen LogP contribution in [0.3, 0.4) is 0 Å². The molecule has 0 spiro atoms. The maximum atomic E-state index is 10.2. The topological polar surface area (TPSA) is 29.5 Å². The molecule has 2 aromatic rings. The maximum absolute atomic E-state index is 10.2. The highest BCUT2D eigenvalue weighted by atomic mass is 79.9. The van der Waals surface area contributed by atoms with Gasteiger partial charge in [-0.1, -0.05) is 123 Å². The van der Waals surface area contributed by atoms with E-state index in [0.29, 0.717) is 18.1 Å². The van der Waals surface area contributed by atoms with E-state index in [9.17, 15) is 5.11 Å². The van der Waals surface area contributed by atoms with Crippen LogP contribution in [0.2, 0.25) is 0 Å². The molecule has 0 aliphatic carbocycles. The van der Waals surface area contributed by atoms with Crippen molar-refractivity contribution in [2.75, 3.05) is 6.61 Å². The van der Waals surface area contributed by atoms with Gasteiger partial charge in [0.1, 0.15) is 11.5 Å². The predicted octanol–water partition coefficient (Wildman–Crippen LogP) is 10.6. The minimum Gasteiger partial charge on any atom is -0.508 e. The molecule has 2 aromatic carbocycles. The number of benzene rings is 2. The zero-order valence-electron chi connectivity index (χ0n) is 21.3. The Bertz CT molecular complexity index is 821. The van der Waals surface area contributed by atoms with Gasteiger partial charge in [0.05, 0.1) is 6.61 Å². The van der Waals surface area contributed by atoms with Crippen LogP contribution < -0.4 is 4.74 Å².